The lowest BCUT2D eigenvalue weighted by Crippen LogP contribution is -2.44. The Morgan fingerprint density at radius 3 is 2.29 bits per heavy atom. The van der Waals surface area contributed by atoms with Gasteiger partial charge >= 0.3 is 0 Å². The van der Waals surface area contributed by atoms with Gasteiger partial charge in [-0.15, -0.1) is 0 Å². The summed E-state index contributed by atoms with van der Waals surface area (Å²) in [5.41, 5.74) is 0.794. The first kappa shape index (κ1) is 13.5. The lowest BCUT2D eigenvalue weighted by atomic mass is 10.1. The molecule has 1 atom stereocenters. The molecule has 0 saturated carbocycles. The Morgan fingerprint density at radius 1 is 1.10 bits per heavy atom. The minimum Gasteiger partial charge on any atom is -0.331 e. The van der Waals surface area contributed by atoms with Crippen molar-refractivity contribution in [3.8, 4) is 0 Å². The van der Waals surface area contributed by atoms with Gasteiger partial charge in [-0.3, -0.25) is 19.3 Å². The molecular formula is C15H14N2O4. The number of imide groups is 1. The first-order valence-corrected chi connectivity index (χ1v) is 6.82. The number of nitrogens with zero attached hydrogens (tertiary/aromatic N) is 2. The summed E-state index contributed by atoms with van der Waals surface area (Å²) in [6.45, 7) is 0.151. The van der Waals surface area contributed by atoms with Crippen LogP contribution < -0.4 is 0 Å². The Kier molecular flexibility index (Phi) is 3.29. The van der Waals surface area contributed by atoms with Crippen molar-refractivity contribution in [1.82, 2.24) is 9.80 Å². The molecule has 1 fully saturated rings. The van der Waals surface area contributed by atoms with Crippen LogP contribution in [0.15, 0.2) is 24.3 Å². The van der Waals surface area contributed by atoms with Crippen molar-refractivity contribution in [2.75, 3.05) is 13.1 Å². The van der Waals surface area contributed by atoms with Crippen molar-refractivity contribution < 1.29 is 19.2 Å². The maximum absolute atomic E-state index is 12.3. The molecule has 1 aromatic carbocycles. The summed E-state index contributed by atoms with van der Waals surface area (Å²) >= 11 is 0. The molecule has 1 aromatic rings. The van der Waals surface area contributed by atoms with Crippen LogP contribution in [0.3, 0.4) is 0 Å². The quantitative estimate of drug-likeness (QED) is 0.596. The molecule has 21 heavy (non-hydrogen) atoms. The molecule has 1 saturated heterocycles. The first-order valence-electron chi connectivity index (χ1n) is 6.82. The van der Waals surface area contributed by atoms with E-state index in [2.05, 4.69) is 0 Å². The second kappa shape index (κ2) is 5.12. The molecular weight excluding hydrogens is 272 g/mol. The average molecular weight is 286 g/mol. The third-order valence-corrected chi connectivity index (χ3v) is 4.00. The van der Waals surface area contributed by atoms with Gasteiger partial charge < -0.3 is 9.69 Å². The van der Waals surface area contributed by atoms with Gasteiger partial charge in [0, 0.05) is 13.0 Å². The molecule has 0 spiro atoms. The van der Waals surface area contributed by atoms with Gasteiger partial charge in [-0.05, 0) is 18.6 Å². The number of carbonyl (C=O) groups excluding carboxylic acids is 4. The largest absolute Gasteiger partial charge is 0.331 e. The van der Waals surface area contributed by atoms with Crippen LogP contribution in [-0.4, -0.2) is 52.9 Å². The van der Waals surface area contributed by atoms with Gasteiger partial charge in [-0.2, -0.15) is 0 Å². The van der Waals surface area contributed by atoms with Crippen LogP contribution >= 0.6 is 0 Å². The molecule has 0 aromatic heterocycles. The number of aldehydes is 1. The summed E-state index contributed by atoms with van der Waals surface area (Å²) in [6, 6.07) is 6.40. The topological polar surface area (TPSA) is 74.8 Å². The Morgan fingerprint density at radius 2 is 1.71 bits per heavy atom. The molecule has 6 heteroatoms. The monoisotopic (exact) mass is 286 g/mol. The van der Waals surface area contributed by atoms with Crippen molar-refractivity contribution in [2.45, 2.75) is 18.9 Å². The third kappa shape index (κ3) is 2.12. The summed E-state index contributed by atoms with van der Waals surface area (Å²) < 4.78 is 0. The lowest BCUT2D eigenvalue weighted by molar-refractivity contribution is -0.131. The molecule has 3 amide bonds. The molecule has 6 nitrogen and oxygen atoms in total. The summed E-state index contributed by atoms with van der Waals surface area (Å²) in [4.78, 5) is 49.5. The molecule has 0 bridgehead atoms. The lowest BCUT2D eigenvalue weighted by Gasteiger charge is -2.26. The molecule has 0 unspecified atom stereocenters. The molecule has 2 aliphatic heterocycles. The third-order valence-electron chi connectivity index (χ3n) is 4.00. The van der Waals surface area contributed by atoms with Gasteiger partial charge in [0.1, 0.15) is 6.29 Å². The molecule has 0 N–H and O–H groups in total. The normalized spacial score (nSPS) is 21.1. The second-order valence-corrected chi connectivity index (χ2v) is 5.17. The summed E-state index contributed by atoms with van der Waals surface area (Å²) in [5, 5.41) is 0. The van der Waals surface area contributed by atoms with Crippen molar-refractivity contribution in [1.29, 1.82) is 0 Å². The van der Waals surface area contributed by atoms with Crippen LogP contribution in [0.25, 0.3) is 0 Å². The number of fused-ring (bicyclic) bond motifs is 1. The highest BCUT2D eigenvalue weighted by Gasteiger charge is 2.39. The van der Waals surface area contributed by atoms with Crippen molar-refractivity contribution in [2.24, 2.45) is 0 Å². The molecule has 2 heterocycles. The van der Waals surface area contributed by atoms with Gasteiger partial charge in [0.2, 0.25) is 5.91 Å². The highest BCUT2D eigenvalue weighted by atomic mass is 16.2. The van der Waals surface area contributed by atoms with Crippen LogP contribution in [0.4, 0.5) is 0 Å². The number of rotatable bonds is 4. The van der Waals surface area contributed by atoms with Gasteiger partial charge in [-0.25, -0.2) is 0 Å². The fraction of sp³-hybridized carbons (Fsp3) is 0.333. The minimum absolute atomic E-state index is 0.00662. The molecule has 108 valence electrons. The number of hydrogen-bond acceptors (Lipinski definition) is 4. The fourth-order valence-electron chi connectivity index (χ4n) is 2.93. The predicted octanol–water partition coefficient (Wildman–Crippen LogP) is 0.472. The van der Waals surface area contributed by atoms with E-state index in [1.807, 2.05) is 0 Å². The predicted molar refractivity (Wildman–Crippen MR) is 72.6 cm³/mol. The molecule has 3 rings (SSSR count). The van der Waals surface area contributed by atoms with Gasteiger partial charge in [-0.1, -0.05) is 12.1 Å². The zero-order valence-corrected chi connectivity index (χ0v) is 11.3. The number of likely N-dealkylation sites (tertiary alicyclic amines) is 1. The Hall–Kier alpha value is -2.50. The zero-order chi connectivity index (χ0) is 15.0. The number of hydrogen-bond donors (Lipinski definition) is 0. The van der Waals surface area contributed by atoms with Crippen molar-refractivity contribution in [3.05, 3.63) is 35.4 Å². The van der Waals surface area contributed by atoms with Crippen LogP contribution in [0.5, 0.6) is 0 Å². The standard InChI is InChI=1S/C15H14N2O4/c18-8-7-16-10(5-6-13(16)19)9-17-14(20)11-3-1-2-4-12(11)15(17)21/h1-4,8,10H,5-7,9H2/t10-/m0/s1. The van der Waals surface area contributed by atoms with Crippen LogP contribution in [0.2, 0.25) is 0 Å². The second-order valence-electron chi connectivity index (χ2n) is 5.17. The smallest absolute Gasteiger partial charge is 0.261 e. The summed E-state index contributed by atoms with van der Waals surface area (Å²) in [6.07, 6.45) is 1.57. The van der Waals surface area contributed by atoms with E-state index in [0.717, 1.165) is 0 Å². The summed E-state index contributed by atoms with van der Waals surface area (Å²) in [5.74, 6) is -0.772. The Bertz CT molecular complexity index is 605. The first-order chi connectivity index (χ1) is 10.1. The molecule has 0 aliphatic carbocycles. The van der Waals surface area contributed by atoms with Crippen LogP contribution in [-0.2, 0) is 9.59 Å². The van der Waals surface area contributed by atoms with Gasteiger partial charge in [0.25, 0.3) is 11.8 Å². The van der Waals surface area contributed by atoms with E-state index in [1.54, 1.807) is 24.3 Å². The van der Waals surface area contributed by atoms with Gasteiger partial charge in [0.15, 0.2) is 0 Å². The van der Waals surface area contributed by atoms with E-state index in [0.29, 0.717) is 30.3 Å². The molecule has 2 aliphatic rings. The average Bonchev–Trinajstić information content (AvgIpc) is 2.95. The zero-order valence-electron chi connectivity index (χ0n) is 11.3. The highest BCUT2D eigenvalue weighted by Crippen LogP contribution is 2.26. The van der Waals surface area contributed by atoms with E-state index >= 15 is 0 Å². The number of benzene rings is 1. The van der Waals surface area contributed by atoms with Crippen molar-refractivity contribution in [3.63, 3.8) is 0 Å². The van der Waals surface area contributed by atoms with Crippen molar-refractivity contribution >= 4 is 24.0 Å². The van der Waals surface area contributed by atoms with Crippen LogP contribution in [0, 0.1) is 0 Å². The molecule has 0 radical (unpaired) electrons. The SMILES string of the molecule is O=CCN1C(=O)CC[C@H]1CN1C(=O)c2ccccc2C1=O. The highest BCUT2D eigenvalue weighted by molar-refractivity contribution is 6.21. The Balaban J connectivity index is 1.80. The van der Waals surface area contributed by atoms with Gasteiger partial charge in [0.05, 0.1) is 23.7 Å². The Labute approximate surface area is 121 Å². The number of amides is 3. The van der Waals surface area contributed by atoms with E-state index in [4.69, 9.17) is 0 Å². The van der Waals surface area contributed by atoms with E-state index in [9.17, 15) is 19.2 Å². The number of carbonyl (C=O) groups is 4. The van der Waals surface area contributed by atoms with Crippen LogP contribution in [0.1, 0.15) is 33.6 Å². The fourth-order valence-corrected chi connectivity index (χ4v) is 2.93. The maximum atomic E-state index is 12.3. The van der Waals surface area contributed by atoms with E-state index in [1.165, 1.54) is 9.80 Å². The van der Waals surface area contributed by atoms with E-state index < -0.39 is 0 Å². The maximum Gasteiger partial charge on any atom is 0.261 e. The minimum atomic E-state index is -0.332. The van der Waals surface area contributed by atoms with E-state index in [-0.39, 0.29) is 36.9 Å². The summed E-state index contributed by atoms with van der Waals surface area (Å²) in [7, 11) is 0.